The second kappa shape index (κ2) is 21.8. The molecule has 0 aliphatic carbocycles. The van der Waals surface area contributed by atoms with Crippen LogP contribution < -0.4 is 0 Å². The van der Waals surface area contributed by atoms with Gasteiger partial charge in [0.05, 0.1) is 89.7 Å². The maximum Gasteiger partial charge on any atom is 0.160 e. The lowest BCUT2D eigenvalue weighted by Crippen LogP contribution is -2.17. The number of aromatic nitrogens is 7. The minimum Gasteiger partial charge on any atom is -0.306 e. The second-order valence-electron chi connectivity index (χ2n) is 26.6. The van der Waals surface area contributed by atoms with Crippen molar-refractivity contribution in [3.8, 4) is 79.2 Å². The van der Waals surface area contributed by atoms with E-state index in [4.69, 9.17) is 15.0 Å². The first-order chi connectivity index (χ1) is 46.9. The number of fused-ring (bicyclic) bond motifs is 12. The average Bonchev–Trinajstić information content (AvgIpc) is 1.45. The van der Waals surface area contributed by atoms with E-state index in [0.29, 0.717) is 5.82 Å². The van der Waals surface area contributed by atoms with Gasteiger partial charge in [-0.15, -0.1) is 0 Å². The fraction of sp³-hybridized carbons (Fsp3) is 0.0899. The van der Waals surface area contributed by atoms with E-state index in [0.717, 1.165) is 139 Å². The van der Waals surface area contributed by atoms with Gasteiger partial charge in [0, 0.05) is 70.9 Å². The number of aryl methyl sites for hydroxylation is 8. The zero-order valence-electron chi connectivity index (χ0n) is 55.0. The molecular weight excluding hydrogens is 1170 g/mol. The van der Waals surface area contributed by atoms with E-state index in [1.807, 2.05) is 0 Å². The summed E-state index contributed by atoms with van der Waals surface area (Å²) >= 11 is 0. The molecule has 0 aliphatic rings. The van der Waals surface area contributed by atoms with Gasteiger partial charge in [0.15, 0.2) is 5.82 Å². The van der Waals surface area contributed by atoms with Crippen molar-refractivity contribution >= 4 is 87.2 Å². The number of pyridine rings is 1. The molecule has 7 heteroatoms. The third kappa shape index (κ3) is 8.91. The largest absolute Gasteiger partial charge is 0.306 e. The summed E-state index contributed by atoms with van der Waals surface area (Å²) in [6.45, 7) is 17.7. The van der Waals surface area contributed by atoms with Crippen LogP contribution in [0, 0.1) is 55.4 Å². The topological polar surface area (TPSA) is 58.4 Å². The predicted octanol–water partition coefficient (Wildman–Crippen LogP) is 23.1. The van der Waals surface area contributed by atoms with Crippen LogP contribution >= 0.6 is 0 Å². The molecule has 7 nitrogen and oxygen atoms in total. The van der Waals surface area contributed by atoms with E-state index in [1.165, 1.54) is 66.1 Å². The first-order valence-electron chi connectivity index (χ1n) is 33.2. The smallest absolute Gasteiger partial charge is 0.160 e. The molecule has 0 fully saturated rings. The molecule has 6 aromatic heterocycles. The Morgan fingerprint density at radius 2 is 0.458 bits per heavy atom. The summed E-state index contributed by atoms with van der Waals surface area (Å²) in [4.78, 5) is 17.8. The van der Waals surface area contributed by atoms with E-state index in [9.17, 15) is 0 Å². The summed E-state index contributed by atoms with van der Waals surface area (Å²) < 4.78 is 10.4. The van der Waals surface area contributed by atoms with Crippen LogP contribution in [0.25, 0.3) is 166 Å². The van der Waals surface area contributed by atoms with Crippen molar-refractivity contribution in [3.63, 3.8) is 0 Å². The van der Waals surface area contributed by atoms with Gasteiger partial charge in [-0.25, -0.2) is 15.0 Å². The monoisotopic (exact) mass is 1230 g/mol. The number of hydrogen-bond donors (Lipinski definition) is 0. The Kier molecular flexibility index (Phi) is 12.9. The van der Waals surface area contributed by atoms with Crippen LogP contribution in [0.3, 0.4) is 0 Å². The molecular formula is C89H67N7. The summed E-state index contributed by atoms with van der Waals surface area (Å²) in [6.07, 6.45) is 0. The average molecular weight is 1230 g/mol. The van der Waals surface area contributed by atoms with Gasteiger partial charge in [-0.3, -0.25) is 0 Å². The van der Waals surface area contributed by atoms with Crippen LogP contribution in [0.15, 0.2) is 261 Å². The highest BCUT2D eigenvalue weighted by Gasteiger charge is 2.37. The Morgan fingerprint density at radius 1 is 0.198 bits per heavy atom. The highest BCUT2D eigenvalue weighted by atomic mass is 15.1. The predicted molar refractivity (Wildman–Crippen MR) is 402 cm³/mol. The lowest BCUT2D eigenvalue weighted by molar-refractivity contribution is 1.02. The van der Waals surface area contributed by atoms with Crippen molar-refractivity contribution in [2.24, 2.45) is 0 Å². The fourth-order valence-electron chi connectivity index (χ4n) is 15.4. The summed E-state index contributed by atoms with van der Waals surface area (Å²) in [7, 11) is 0. The van der Waals surface area contributed by atoms with Crippen LogP contribution in [0.2, 0.25) is 0 Å². The molecule has 0 N–H and O–H groups in total. The molecule has 6 heterocycles. The number of hydrogen-bond acceptors (Lipinski definition) is 3. The van der Waals surface area contributed by atoms with Crippen LogP contribution in [-0.2, 0) is 0 Å². The van der Waals surface area contributed by atoms with E-state index in [-0.39, 0.29) is 0 Å². The lowest BCUT2D eigenvalue weighted by Gasteiger charge is -2.31. The molecule has 0 atom stereocenters. The van der Waals surface area contributed by atoms with Gasteiger partial charge < -0.3 is 18.3 Å². The van der Waals surface area contributed by atoms with Crippen LogP contribution in [0.4, 0.5) is 0 Å². The van der Waals surface area contributed by atoms with Gasteiger partial charge >= 0.3 is 0 Å². The number of nitrogens with zero attached hydrogens (tertiary/aromatic N) is 7. The van der Waals surface area contributed by atoms with Crippen molar-refractivity contribution in [2.45, 2.75) is 55.4 Å². The summed E-state index contributed by atoms with van der Waals surface area (Å²) in [5, 5.41) is 9.30. The maximum atomic E-state index is 6.10. The van der Waals surface area contributed by atoms with Gasteiger partial charge in [0.25, 0.3) is 0 Å². The Balaban J connectivity index is 1.23. The van der Waals surface area contributed by atoms with Gasteiger partial charge in [0.2, 0.25) is 0 Å². The summed E-state index contributed by atoms with van der Waals surface area (Å²) in [5.41, 5.74) is 29.6. The standard InChI is InChI=1S/C89H67N7/c1-52-27-35-75-63(43-52)64-44-53(2)28-36-76(64)93(75)85-83(72-26-18-25-71(90-72)60-19-12-9-13-20-60)84(74-51-73(61-21-14-10-15-22-61)91-89(92-74)62-23-16-11-17-24-62)86(94-77-37-29-54(3)45-65(77)66-46-55(4)30-38-78(66)94)88(96-81-41-33-58(7)49-69(81)70-50-59(8)34-42-82(70)96)87(85)95-79-39-31-56(5)47-67(79)68-48-57(6)32-40-80(68)95/h9-51H,1-8H3. The third-order valence-corrected chi connectivity index (χ3v) is 19.8. The zero-order valence-corrected chi connectivity index (χ0v) is 55.0. The highest BCUT2D eigenvalue weighted by Crippen LogP contribution is 2.55. The minimum absolute atomic E-state index is 0.606. The Labute approximate surface area is 557 Å². The molecule has 18 rings (SSSR count). The van der Waals surface area contributed by atoms with Crippen molar-refractivity contribution in [2.75, 3.05) is 0 Å². The number of rotatable bonds is 9. The van der Waals surface area contributed by atoms with Crippen molar-refractivity contribution < 1.29 is 0 Å². The molecule has 96 heavy (non-hydrogen) atoms. The molecule has 12 aromatic carbocycles. The normalized spacial score (nSPS) is 12.0. The zero-order chi connectivity index (χ0) is 64.8. The Hall–Kier alpha value is -11.9. The van der Waals surface area contributed by atoms with Crippen molar-refractivity contribution in [1.82, 2.24) is 33.2 Å². The van der Waals surface area contributed by atoms with Gasteiger partial charge in [0.1, 0.15) is 0 Å². The van der Waals surface area contributed by atoms with Crippen molar-refractivity contribution in [3.05, 3.63) is 305 Å². The first-order valence-corrected chi connectivity index (χ1v) is 33.2. The third-order valence-electron chi connectivity index (χ3n) is 19.8. The van der Waals surface area contributed by atoms with E-state index < -0.39 is 0 Å². The molecule has 458 valence electrons. The second-order valence-corrected chi connectivity index (χ2v) is 26.6. The molecule has 0 bridgehead atoms. The van der Waals surface area contributed by atoms with Gasteiger partial charge in [-0.1, -0.05) is 190 Å². The molecule has 0 spiro atoms. The summed E-state index contributed by atoms with van der Waals surface area (Å²) in [6, 6.07) is 96.8. The van der Waals surface area contributed by atoms with Crippen molar-refractivity contribution in [1.29, 1.82) is 0 Å². The van der Waals surface area contributed by atoms with Gasteiger partial charge in [-0.05, 0) is 171 Å². The molecule has 0 unspecified atom stereocenters. The molecule has 0 saturated heterocycles. The molecule has 0 aliphatic heterocycles. The Morgan fingerprint density at radius 3 is 0.781 bits per heavy atom. The SMILES string of the molecule is Cc1ccc2c(c1)c1cc(C)ccc1n2-c1c(-c2cccc(-c3ccccc3)n2)c(-c2cc(-c3ccccc3)nc(-c3ccccc3)n2)c(-n2c3ccc(C)cc3c3cc(C)ccc32)c(-n2c3ccc(C)cc3c3cc(C)ccc32)c1-n1c2ccc(C)cc2c2cc(C)ccc21. The van der Waals surface area contributed by atoms with E-state index in [2.05, 4.69) is 335 Å². The minimum atomic E-state index is 0.606. The molecule has 18 aromatic rings. The number of benzene rings is 12. The maximum absolute atomic E-state index is 6.10. The first kappa shape index (κ1) is 56.8. The lowest BCUT2D eigenvalue weighted by atomic mass is 9.91. The van der Waals surface area contributed by atoms with E-state index >= 15 is 0 Å². The fourth-order valence-corrected chi connectivity index (χ4v) is 15.4. The van der Waals surface area contributed by atoms with Crippen LogP contribution in [0.1, 0.15) is 44.5 Å². The van der Waals surface area contributed by atoms with Crippen LogP contribution in [-0.4, -0.2) is 33.2 Å². The molecule has 0 saturated carbocycles. The molecule has 0 radical (unpaired) electrons. The van der Waals surface area contributed by atoms with Crippen LogP contribution in [0.5, 0.6) is 0 Å². The summed E-state index contributed by atoms with van der Waals surface area (Å²) in [5.74, 6) is 0.606. The highest BCUT2D eigenvalue weighted by molar-refractivity contribution is 6.19. The van der Waals surface area contributed by atoms with E-state index in [1.54, 1.807) is 0 Å². The quantitative estimate of drug-likeness (QED) is 0.145. The van der Waals surface area contributed by atoms with Gasteiger partial charge in [-0.2, -0.15) is 0 Å². The Bertz CT molecular complexity index is 5980. The molecule has 0 amide bonds.